The number of aliphatic imine (C=N–C) groups is 1. The van der Waals surface area contributed by atoms with E-state index in [2.05, 4.69) is 22.5 Å². The standard InChI is InChI=1S/C10H19N3/c1-2-8-6-9(8)7-13-10-11-4-3-5-12-10/h8-9H,2-7H2,1H3,(H2,11,12,13)/t8-,9+/m1/s1. The third-order valence-corrected chi connectivity index (χ3v) is 3.02. The quantitative estimate of drug-likeness (QED) is 0.680. The van der Waals surface area contributed by atoms with Crippen LogP contribution in [0.25, 0.3) is 0 Å². The maximum atomic E-state index is 4.37. The van der Waals surface area contributed by atoms with Gasteiger partial charge in [-0.25, -0.2) is 0 Å². The topological polar surface area (TPSA) is 36.4 Å². The fraction of sp³-hybridized carbons (Fsp3) is 0.900. The molecule has 0 aromatic rings. The van der Waals surface area contributed by atoms with Crippen molar-refractivity contribution in [3.05, 3.63) is 0 Å². The van der Waals surface area contributed by atoms with Gasteiger partial charge in [0.25, 0.3) is 0 Å². The molecule has 1 aliphatic carbocycles. The second kappa shape index (κ2) is 3.99. The van der Waals surface area contributed by atoms with Crippen LogP contribution in [0.15, 0.2) is 4.99 Å². The zero-order chi connectivity index (χ0) is 9.10. The van der Waals surface area contributed by atoms with Crippen molar-refractivity contribution in [2.45, 2.75) is 26.2 Å². The minimum atomic E-state index is 0.913. The van der Waals surface area contributed by atoms with E-state index in [4.69, 9.17) is 0 Å². The van der Waals surface area contributed by atoms with E-state index in [1.165, 1.54) is 19.3 Å². The molecule has 0 amide bonds. The number of hydrogen-bond donors (Lipinski definition) is 2. The lowest BCUT2D eigenvalue weighted by atomic mass is 10.2. The molecule has 0 unspecified atom stereocenters. The molecule has 1 heterocycles. The molecule has 1 saturated carbocycles. The first-order valence-corrected chi connectivity index (χ1v) is 5.42. The summed E-state index contributed by atoms with van der Waals surface area (Å²) in [6.45, 7) is 5.45. The fourth-order valence-electron chi connectivity index (χ4n) is 1.94. The molecule has 0 bridgehead atoms. The Balaban J connectivity index is 1.65. The van der Waals surface area contributed by atoms with Crippen molar-refractivity contribution >= 4 is 5.96 Å². The van der Waals surface area contributed by atoms with Gasteiger partial charge in [0.15, 0.2) is 5.96 Å². The molecule has 74 valence electrons. The Kier molecular flexibility index (Phi) is 2.71. The first kappa shape index (κ1) is 8.85. The lowest BCUT2D eigenvalue weighted by molar-refractivity contribution is 0.636. The Bertz CT molecular complexity index is 200. The first-order valence-electron chi connectivity index (χ1n) is 5.42. The summed E-state index contributed by atoms with van der Waals surface area (Å²) in [5.41, 5.74) is 0. The van der Waals surface area contributed by atoms with Gasteiger partial charge in [-0.3, -0.25) is 4.99 Å². The smallest absolute Gasteiger partial charge is 0.191 e. The summed E-state index contributed by atoms with van der Waals surface area (Å²) in [6.07, 6.45) is 3.93. The van der Waals surface area contributed by atoms with Crippen molar-refractivity contribution in [3.63, 3.8) is 0 Å². The summed E-state index contributed by atoms with van der Waals surface area (Å²) in [7, 11) is 0. The molecule has 3 nitrogen and oxygen atoms in total. The minimum absolute atomic E-state index is 0.913. The fourth-order valence-corrected chi connectivity index (χ4v) is 1.94. The summed E-state index contributed by atoms with van der Waals surface area (Å²) in [5, 5.41) is 6.66. The van der Waals surface area contributed by atoms with Crippen molar-refractivity contribution in [2.75, 3.05) is 19.6 Å². The van der Waals surface area contributed by atoms with Gasteiger partial charge in [-0.05, 0) is 24.7 Å². The van der Waals surface area contributed by atoms with Crippen LogP contribution < -0.4 is 10.6 Å². The Morgan fingerprint density at radius 2 is 2.46 bits per heavy atom. The van der Waals surface area contributed by atoms with E-state index in [-0.39, 0.29) is 0 Å². The van der Waals surface area contributed by atoms with Crippen molar-refractivity contribution in [1.82, 2.24) is 10.6 Å². The average Bonchev–Trinajstić information content (AvgIpc) is 2.95. The Hall–Kier alpha value is -0.730. The summed E-state index contributed by atoms with van der Waals surface area (Å²) in [4.78, 5) is 4.37. The van der Waals surface area contributed by atoms with Gasteiger partial charge < -0.3 is 10.6 Å². The third kappa shape index (κ3) is 2.36. The number of rotatable bonds is 3. The number of nitrogens with zero attached hydrogens (tertiary/aromatic N) is 1. The van der Waals surface area contributed by atoms with E-state index < -0.39 is 0 Å². The summed E-state index contributed by atoms with van der Waals surface area (Å²) in [5.74, 6) is 2.92. The van der Waals surface area contributed by atoms with Crippen LogP contribution in [0.4, 0.5) is 0 Å². The average molecular weight is 181 g/mol. The first-order chi connectivity index (χ1) is 6.40. The zero-order valence-electron chi connectivity index (χ0n) is 8.34. The van der Waals surface area contributed by atoms with Gasteiger partial charge in [-0.2, -0.15) is 0 Å². The normalized spacial score (nSPS) is 31.9. The van der Waals surface area contributed by atoms with Crippen molar-refractivity contribution < 1.29 is 0 Å². The maximum absolute atomic E-state index is 4.37. The minimum Gasteiger partial charge on any atom is -0.356 e. The molecule has 0 radical (unpaired) electrons. The van der Waals surface area contributed by atoms with Gasteiger partial charge in [0.05, 0.1) is 0 Å². The van der Waals surface area contributed by atoms with Crippen molar-refractivity contribution in [2.24, 2.45) is 16.8 Å². The zero-order valence-corrected chi connectivity index (χ0v) is 8.34. The molecule has 1 aliphatic heterocycles. The Labute approximate surface area is 80.0 Å². The van der Waals surface area contributed by atoms with Crippen LogP contribution in [0, 0.1) is 11.8 Å². The van der Waals surface area contributed by atoms with E-state index in [1.54, 1.807) is 0 Å². The molecule has 3 heteroatoms. The molecule has 13 heavy (non-hydrogen) atoms. The molecule has 0 saturated heterocycles. The third-order valence-electron chi connectivity index (χ3n) is 3.02. The molecule has 2 aliphatic rings. The number of guanidine groups is 1. The molecule has 0 aromatic heterocycles. The van der Waals surface area contributed by atoms with Crippen molar-refractivity contribution in [1.29, 1.82) is 0 Å². The van der Waals surface area contributed by atoms with Gasteiger partial charge in [-0.1, -0.05) is 13.3 Å². The second-order valence-corrected chi connectivity index (χ2v) is 4.06. The van der Waals surface area contributed by atoms with Crippen LogP contribution in [0.1, 0.15) is 26.2 Å². The molecular weight excluding hydrogens is 162 g/mol. The van der Waals surface area contributed by atoms with Crippen LogP contribution >= 0.6 is 0 Å². The predicted octanol–water partition coefficient (Wildman–Crippen LogP) is 0.971. The van der Waals surface area contributed by atoms with Gasteiger partial charge in [0.2, 0.25) is 0 Å². The van der Waals surface area contributed by atoms with Crippen LogP contribution in [0.2, 0.25) is 0 Å². The largest absolute Gasteiger partial charge is 0.356 e. The lowest BCUT2D eigenvalue weighted by Crippen LogP contribution is -2.41. The van der Waals surface area contributed by atoms with Crippen molar-refractivity contribution in [3.8, 4) is 0 Å². The maximum Gasteiger partial charge on any atom is 0.191 e. The molecule has 2 rings (SSSR count). The molecule has 2 N–H and O–H groups in total. The number of hydrogen-bond acceptors (Lipinski definition) is 3. The van der Waals surface area contributed by atoms with Crippen LogP contribution in [0.3, 0.4) is 0 Å². The van der Waals surface area contributed by atoms with Gasteiger partial charge in [0, 0.05) is 19.6 Å². The monoisotopic (exact) mass is 181 g/mol. The van der Waals surface area contributed by atoms with E-state index in [0.717, 1.165) is 37.4 Å². The SMILES string of the molecule is CC[C@@H]1C[C@H]1CNC1=NCCCN1. The molecular formula is C10H19N3. The molecule has 0 spiro atoms. The highest BCUT2D eigenvalue weighted by Crippen LogP contribution is 2.40. The highest BCUT2D eigenvalue weighted by Gasteiger charge is 2.34. The van der Waals surface area contributed by atoms with Crippen LogP contribution in [-0.2, 0) is 0 Å². The molecule has 2 atom stereocenters. The summed E-state index contributed by atoms with van der Waals surface area (Å²) >= 11 is 0. The summed E-state index contributed by atoms with van der Waals surface area (Å²) < 4.78 is 0. The van der Waals surface area contributed by atoms with Crippen LogP contribution in [0.5, 0.6) is 0 Å². The van der Waals surface area contributed by atoms with E-state index >= 15 is 0 Å². The Morgan fingerprint density at radius 1 is 1.54 bits per heavy atom. The van der Waals surface area contributed by atoms with E-state index in [0.29, 0.717) is 0 Å². The highest BCUT2D eigenvalue weighted by atomic mass is 15.2. The lowest BCUT2D eigenvalue weighted by Gasteiger charge is -2.15. The van der Waals surface area contributed by atoms with Gasteiger partial charge in [-0.15, -0.1) is 0 Å². The van der Waals surface area contributed by atoms with Gasteiger partial charge in [0.1, 0.15) is 0 Å². The second-order valence-electron chi connectivity index (χ2n) is 4.06. The number of nitrogens with one attached hydrogen (secondary N) is 2. The highest BCUT2D eigenvalue weighted by molar-refractivity contribution is 5.80. The van der Waals surface area contributed by atoms with E-state index in [9.17, 15) is 0 Å². The van der Waals surface area contributed by atoms with Gasteiger partial charge >= 0.3 is 0 Å². The summed E-state index contributed by atoms with van der Waals surface area (Å²) in [6, 6.07) is 0. The van der Waals surface area contributed by atoms with E-state index in [1.807, 2.05) is 0 Å². The molecule has 0 aromatic carbocycles. The van der Waals surface area contributed by atoms with Crippen LogP contribution in [-0.4, -0.2) is 25.6 Å². The predicted molar refractivity (Wildman–Crippen MR) is 54.8 cm³/mol. The molecule has 1 fully saturated rings. The Morgan fingerprint density at radius 3 is 3.08 bits per heavy atom.